The van der Waals surface area contributed by atoms with Crippen molar-refractivity contribution in [3.05, 3.63) is 62.2 Å². The average molecular weight is 298 g/mol. The van der Waals surface area contributed by atoms with E-state index in [-0.39, 0.29) is 17.1 Å². The Bertz CT molecular complexity index is 229. The monoisotopic (exact) mass is 298 g/mol. The third-order valence-corrected chi connectivity index (χ3v) is 2.77. The summed E-state index contributed by atoms with van der Waals surface area (Å²) >= 11 is 0. The van der Waals surface area contributed by atoms with E-state index >= 15 is 0 Å². The molecular formula is C16H18FeO2. The summed E-state index contributed by atoms with van der Waals surface area (Å²) in [4.78, 5) is 20.3. The average Bonchev–Trinajstić information content (AvgIpc) is 3.07. The summed E-state index contributed by atoms with van der Waals surface area (Å²) in [5, 5.41) is 0. The van der Waals surface area contributed by atoms with Crippen LogP contribution in [0.2, 0.25) is 0 Å². The third-order valence-electron chi connectivity index (χ3n) is 2.77. The van der Waals surface area contributed by atoms with Gasteiger partial charge in [-0.2, -0.15) is 0 Å². The summed E-state index contributed by atoms with van der Waals surface area (Å²) in [5.74, 6) is 4.04. The molecule has 2 saturated carbocycles. The Kier molecular flexibility index (Phi) is 10.5. The zero-order chi connectivity index (χ0) is 13.4. The first-order chi connectivity index (χ1) is 8.73. The van der Waals surface area contributed by atoms with Crippen LogP contribution >= 0.6 is 0 Å². The quantitative estimate of drug-likeness (QED) is 0.591. The molecule has 0 aromatic heterocycles. The van der Waals surface area contributed by atoms with Gasteiger partial charge in [0.25, 0.3) is 0 Å². The maximum absolute atomic E-state index is 10.1. The first-order valence-electron chi connectivity index (χ1n) is 6.15. The molecule has 102 valence electrons. The van der Waals surface area contributed by atoms with E-state index in [9.17, 15) is 9.59 Å². The molecule has 3 heteroatoms. The Balaban J connectivity index is 0.000000324. The molecule has 0 saturated heterocycles. The van der Waals surface area contributed by atoms with Crippen LogP contribution in [0.15, 0.2) is 0 Å². The number of carbonyl (C=O) groups is 2. The van der Waals surface area contributed by atoms with Crippen molar-refractivity contribution in [2.75, 3.05) is 0 Å². The fourth-order valence-electron chi connectivity index (χ4n) is 1.61. The summed E-state index contributed by atoms with van der Waals surface area (Å²) in [6.07, 6.45) is 15.2. The van der Waals surface area contributed by atoms with E-state index in [1.165, 1.54) is 11.8 Å². The molecule has 2 aliphatic rings. The van der Waals surface area contributed by atoms with Gasteiger partial charge in [0.05, 0.1) is 0 Å². The van der Waals surface area contributed by atoms with Crippen LogP contribution in [0.4, 0.5) is 0 Å². The Hall–Kier alpha value is -0.141. The second kappa shape index (κ2) is 10.6. The van der Waals surface area contributed by atoms with Gasteiger partial charge >= 0.3 is 0 Å². The standard InChI is InChI=1S/2C8H9O.Fe/c2*1-2-7-3-4-8(5-7)6-9;/h2*3-6H,2H2,1H3;. The molecule has 2 nitrogen and oxygen atoms in total. The van der Waals surface area contributed by atoms with Crippen molar-refractivity contribution < 1.29 is 26.7 Å². The van der Waals surface area contributed by atoms with E-state index in [4.69, 9.17) is 0 Å². The molecule has 0 N–H and O–H groups in total. The minimum absolute atomic E-state index is 0. The van der Waals surface area contributed by atoms with E-state index in [1.54, 1.807) is 0 Å². The van der Waals surface area contributed by atoms with Crippen molar-refractivity contribution in [3.63, 3.8) is 0 Å². The SMILES string of the molecule is CC[C]1[CH][CH][C](C=O)[CH]1.CC[C]1[CH][CH][C](C=O)[CH]1.[Fe]. The topological polar surface area (TPSA) is 34.1 Å². The van der Waals surface area contributed by atoms with Crippen molar-refractivity contribution in [1.29, 1.82) is 0 Å². The maximum Gasteiger partial charge on any atom is 0.127 e. The predicted molar refractivity (Wildman–Crippen MR) is 71.5 cm³/mol. The summed E-state index contributed by atoms with van der Waals surface area (Å²) in [5.41, 5.74) is 0. The van der Waals surface area contributed by atoms with Gasteiger partial charge in [-0.15, -0.1) is 0 Å². The Morgan fingerprint density at radius 1 is 0.789 bits per heavy atom. The van der Waals surface area contributed by atoms with Gasteiger partial charge in [-0.25, -0.2) is 0 Å². The first kappa shape index (κ1) is 18.9. The van der Waals surface area contributed by atoms with E-state index in [1.807, 2.05) is 38.5 Å². The number of rotatable bonds is 4. The van der Waals surface area contributed by atoms with Gasteiger partial charge in [-0.1, -0.05) is 13.8 Å². The second-order valence-corrected chi connectivity index (χ2v) is 4.05. The molecule has 0 bridgehead atoms. The third kappa shape index (κ3) is 6.72. The summed E-state index contributed by atoms with van der Waals surface area (Å²) in [7, 11) is 0. The first-order valence-corrected chi connectivity index (χ1v) is 6.15. The molecule has 0 spiro atoms. The van der Waals surface area contributed by atoms with Gasteiger partial charge < -0.3 is 9.59 Å². The van der Waals surface area contributed by atoms with E-state index < -0.39 is 0 Å². The van der Waals surface area contributed by atoms with Crippen molar-refractivity contribution in [2.45, 2.75) is 26.7 Å². The van der Waals surface area contributed by atoms with Crippen molar-refractivity contribution in [3.8, 4) is 0 Å². The molecule has 0 atom stereocenters. The molecular weight excluding hydrogens is 280 g/mol. The normalized spacial score (nSPS) is 21.6. The molecule has 10 radical (unpaired) electrons. The summed E-state index contributed by atoms with van der Waals surface area (Å²) in [6.45, 7) is 4.15. The van der Waals surface area contributed by atoms with Crippen molar-refractivity contribution >= 4 is 12.6 Å². The summed E-state index contributed by atoms with van der Waals surface area (Å²) in [6, 6.07) is 0. The molecule has 2 rings (SSSR count). The molecule has 2 aliphatic carbocycles. The number of carbonyl (C=O) groups excluding carboxylic acids is 2. The molecule has 0 heterocycles. The van der Waals surface area contributed by atoms with Crippen LogP contribution in [0.1, 0.15) is 26.7 Å². The fraction of sp³-hybridized carbons (Fsp3) is 0.250. The molecule has 0 unspecified atom stereocenters. The van der Waals surface area contributed by atoms with Gasteiger partial charge in [0.1, 0.15) is 12.6 Å². The Morgan fingerprint density at radius 3 is 1.32 bits per heavy atom. The van der Waals surface area contributed by atoms with Crippen LogP contribution in [-0.2, 0) is 26.7 Å². The van der Waals surface area contributed by atoms with Crippen LogP contribution in [0.3, 0.4) is 0 Å². The zero-order valence-corrected chi connectivity index (χ0v) is 12.3. The van der Waals surface area contributed by atoms with Crippen molar-refractivity contribution in [2.24, 2.45) is 0 Å². The van der Waals surface area contributed by atoms with E-state index in [0.717, 1.165) is 37.2 Å². The largest absolute Gasteiger partial charge is 0.303 e. The van der Waals surface area contributed by atoms with Gasteiger partial charge in [0, 0.05) is 28.9 Å². The molecule has 0 amide bonds. The Labute approximate surface area is 128 Å². The second-order valence-electron chi connectivity index (χ2n) is 4.05. The maximum atomic E-state index is 10.1. The van der Waals surface area contributed by atoms with Gasteiger partial charge in [0.2, 0.25) is 0 Å². The van der Waals surface area contributed by atoms with Crippen LogP contribution in [-0.4, -0.2) is 12.6 Å². The van der Waals surface area contributed by atoms with Crippen molar-refractivity contribution in [1.82, 2.24) is 0 Å². The minimum atomic E-state index is 0. The van der Waals surface area contributed by atoms with E-state index in [0.29, 0.717) is 0 Å². The Morgan fingerprint density at radius 2 is 1.16 bits per heavy atom. The molecule has 19 heavy (non-hydrogen) atoms. The molecule has 0 aromatic rings. The smallest absolute Gasteiger partial charge is 0.127 e. The van der Waals surface area contributed by atoms with Gasteiger partial charge in [0.15, 0.2) is 0 Å². The van der Waals surface area contributed by atoms with Gasteiger partial charge in [-0.05, 0) is 63.2 Å². The van der Waals surface area contributed by atoms with Crippen LogP contribution in [0, 0.1) is 62.2 Å². The fourth-order valence-corrected chi connectivity index (χ4v) is 1.61. The predicted octanol–water partition coefficient (Wildman–Crippen LogP) is 2.74. The summed E-state index contributed by atoms with van der Waals surface area (Å²) < 4.78 is 0. The van der Waals surface area contributed by atoms with Gasteiger partial charge in [-0.3, -0.25) is 0 Å². The van der Waals surface area contributed by atoms with Crippen LogP contribution in [0.5, 0.6) is 0 Å². The number of aldehydes is 2. The molecule has 0 aromatic carbocycles. The minimum Gasteiger partial charge on any atom is -0.303 e. The number of hydrogen-bond donors (Lipinski definition) is 0. The molecule has 2 fully saturated rings. The zero-order valence-electron chi connectivity index (χ0n) is 11.2. The van der Waals surface area contributed by atoms with E-state index in [2.05, 4.69) is 13.8 Å². The molecule has 0 aliphatic heterocycles. The van der Waals surface area contributed by atoms with Crippen LogP contribution in [0.25, 0.3) is 0 Å². The number of hydrogen-bond acceptors (Lipinski definition) is 2. The van der Waals surface area contributed by atoms with Crippen LogP contribution < -0.4 is 0 Å².